The van der Waals surface area contributed by atoms with Gasteiger partial charge in [-0.2, -0.15) is 0 Å². The number of aromatic nitrogens is 1. The number of aryl methyl sites for hydroxylation is 1. The van der Waals surface area contributed by atoms with E-state index in [0.29, 0.717) is 12.1 Å². The lowest BCUT2D eigenvalue weighted by Crippen LogP contribution is -2.29. The Morgan fingerprint density at radius 2 is 2.00 bits per heavy atom. The van der Waals surface area contributed by atoms with Gasteiger partial charge in [-0.1, -0.05) is 24.3 Å². The summed E-state index contributed by atoms with van der Waals surface area (Å²) in [5, 5.41) is 10.4. The molecule has 2 heterocycles. The van der Waals surface area contributed by atoms with Gasteiger partial charge in [0.2, 0.25) is 0 Å². The number of benzene rings is 1. The Morgan fingerprint density at radius 1 is 1.18 bits per heavy atom. The first-order valence-electron chi connectivity index (χ1n) is 9.28. The molecule has 1 aliphatic rings. The van der Waals surface area contributed by atoms with Crippen LogP contribution in [0.1, 0.15) is 17.5 Å². The van der Waals surface area contributed by atoms with E-state index in [2.05, 4.69) is 9.88 Å². The van der Waals surface area contributed by atoms with E-state index < -0.39 is 5.97 Å². The van der Waals surface area contributed by atoms with Crippen LogP contribution in [0.5, 0.6) is 0 Å². The molecule has 1 aliphatic heterocycles. The zero-order valence-electron chi connectivity index (χ0n) is 15.6. The van der Waals surface area contributed by atoms with E-state index in [1.807, 2.05) is 24.4 Å². The van der Waals surface area contributed by atoms with Crippen LogP contribution in [0.4, 0.5) is 4.39 Å². The summed E-state index contributed by atoms with van der Waals surface area (Å²) >= 11 is 1.58. The Bertz CT molecular complexity index is 851. The lowest BCUT2D eigenvalue weighted by molar-refractivity contribution is -0.132. The topological polar surface area (TPSA) is 53.4 Å². The number of pyridine rings is 1. The van der Waals surface area contributed by atoms with Crippen molar-refractivity contribution >= 4 is 17.7 Å². The fraction of sp³-hybridized carbons (Fsp3) is 0.273. The van der Waals surface area contributed by atoms with Crippen LogP contribution >= 0.6 is 11.8 Å². The second-order valence-electron chi connectivity index (χ2n) is 6.56. The summed E-state index contributed by atoms with van der Waals surface area (Å²) in [5.41, 5.74) is 2.57. The molecule has 0 spiro atoms. The summed E-state index contributed by atoms with van der Waals surface area (Å²) in [6.45, 7) is 1.45. The first kappa shape index (κ1) is 20.1. The Hall–Kier alpha value is -2.60. The first-order valence-corrected chi connectivity index (χ1v) is 10.3. The van der Waals surface area contributed by atoms with E-state index in [1.165, 1.54) is 12.1 Å². The quantitative estimate of drug-likeness (QED) is 0.639. The Labute approximate surface area is 168 Å². The maximum atomic E-state index is 13.0. The van der Waals surface area contributed by atoms with Crippen molar-refractivity contribution in [1.29, 1.82) is 0 Å². The highest BCUT2D eigenvalue weighted by atomic mass is 32.2. The van der Waals surface area contributed by atoms with Crippen LogP contribution in [0, 0.1) is 5.82 Å². The van der Waals surface area contributed by atoms with Gasteiger partial charge < -0.3 is 10.0 Å². The van der Waals surface area contributed by atoms with Crippen molar-refractivity contribution in [3.05, 3.63) is 88.5 Å². The number of aliphatic carboxylic acids is 1. The molecule has 1 N–H and O–H groups in total. The molecule has 1 aromatic heterocycles. The Balaban J connectivity index is 1.59. The SMILES string of the molecule is O=C(O)C1=C(SCCCc2ccc(F)cc2)N(CCc2cccnc2)CC=C1. The number of hydrogen-bond acceptors (Lipinski definition) is 4. The number of rotatable bonds is 9. The maximum absolute atomic E-state index is 13.0. The second-order valence-corrected chi connectivity index (χ2v) is 7.65. The van der Waals surface area contributed by atoms with Crippen molar-refractivity contribution in [2.45, 2.75) is 19.3 Å². The number of carbonyl (C=O) groups is 1. The van der Waals surface area contributed by atoms with Crippen LogP contribution in [0.25, 0.3) is 0 Å². The predicted octanol–water partition coefficient (Wildman–Crippen LogP) is 4.30. The summed E-state index contributed by atoms with van der Waals surface area (Å²) in [6.07, 6.45) is 9.74. The normalized spacial score (nSPS) is 13.8. The van der Waals surface area contributed by atoms with Crippen molar-refractivity contribution in [3.63, 3.8) is 0 Å². The largest absolute Gasteiger partial charge is 0.478 e. The molecule has 146 valence electrons. The second kappa shape index (κ2) is 10.1. The van der Waals surface area contributed by atoms with Crippen LogP contribution < -0.4 is 0 Å². The third-order valence-corrected chi connectivity index (χ3v) is 5.76. The summed E-state index contributed by atoms with van der Waals surface area (Å²) in [4.78, 5) is 17.9. The number of hydrogen-bond donors (Lipinski definition) is 1. The highest BCUT2D eigenvalue weighted by Crippen LogP contribution is 2.29. The molecule has 0 radical (unpaired) electrons. The molecular formula is C22H23FN2O2S. The molecule has 4 nitrogen and oxygen atoms in total. The summed E-state index contributed by atoms with van der Waals surface area (Å²) in [6, 6.07) is 10.5. The molecule has 0 atom stereocenters. The molecule has 2 aromatic rings. The van der Waals surface area contributed by atoms with Gasteiger partial charge in [0.25, 0.3) is 0 Å². The van der Waals surface area contributed by atoms with Gasteiger partial charge in [-0.3, -0.25) is 4.98 Å². The number of halogens is 1. The van der Waals surface area contributed by atoms with Gasteiger partial charge in [0.15, 0.2) is 0 Å². The lowest BCUT2D eigenvalue weighted by Gasteiger charge is -2.29. The number of carboxylic acids is 1. The van der Waals surface area contributed by atoms with Crippen LogP contribution in [-0.2, 0) is 17.6 Å². The standard InChI is InChI=1S/C22H23FN2O2S/c23-19-9-7-17(8-10-19)5-3-15-28-21-20(22(26)27)6-2-13-25(21)14-11-18-4-1-12-24-16-18/h1-2,4,6-10,12,16H,3,5,11,13-15H2,(H,26,27). The fourth-order valence-electron chi connectivity index (χ4n) is 3.05. The average molecular weight is 399 g/mol. The van der Waals surface area contributed by atoms with Crippen LogP contribution in [0.15, 0.2) is 71.5 Å². The molecule has 0 saturated carbocycles. The molecule has 0 bridgehead atoms. The predicted molar refractivity (Wildman–Crippen MR) is 110 cm³/mol. The van der Waals surface area contributed by atoms with Crippen molar-refractivity contribution in [2.75, 3.05) is 18.8 Å². The number of thioether (sulfide) groups is 1. The zero-order valence-corrected chi connectivity index (χ0v) is 16.4. The van der Waals surface area contributed by atoms with Crippen LogP contribution in [-0.4, -0.2) is 39.8 Å². The molecular weight excluding hydrogens is 375 g/mol. The molecule has 0 fully saturated rings. The maximum Gasteiger partial charge on any atom is 0.338 e. The summed E-state index contributed by atoms with van der Waals surface area (Å²) < 4.78 is 13.0. The van der Waals surface area contributed by atoms with Gasteiger partial charge in [-0.15, -0.1) is 11.8 Å². The zero-order chi connectivity index (χ0) is 19.8. The molecule has 0 aliphatic carbocycles. The number of nitrogens with zero attached hydrogens (tertiary/aromatic N) is 2. The molecule has 6 heteroatoms. The van der Waals surface area contributed by atoms with Crippen LogP contribution in [0.3, 0.4) is 0 Å². The summed E-state index contributed by atoms with van der Waals surface area (Å²) in [7, 11) is 0. The number of carboxylic acid groups (broad SMARTS) is 1. The third kappa shape index (κ3) is 5.70. The first-order chi connectivity index (χ1) is 13.6. The van der Waals surface area contributed by atoms with E-state index in [1.54, 1.807) is 36.2 Å². The van der Waals surface area contributed by atoms with Gasteiger partial charge in [-0.25, -0.2) is 9.18 Å². The fourth-order valence-corrected chi connectivity index (χ4v) is 4.19. The molecule has 0 saturated heterocycles. The van der Waals surface area contributed by atoms with E-state index in [0.717, 1.165) is 47.7 Å². The lowest BCUT2D eigenvalue weighted by atomic mass is 10.1. The third-order valence-electron chi connectivity index (χ3n) is 4.51. The molecule has 0 unspecified atom stereocenters. The Kier molecular flexibility index (Phi) is 7.25. The van der Waals surface area contributed by atoms with Gasteiger partial charge in [0.05, 0.1) is 10.6 Å². The van der Waals surface area contributed by atoms with E-state index in [9.17, 15) is 14.3 Å². The van der Waals surface area contributed by atoms with Crippen molar-refractivity contribution < 1.29 is 14.3 Å². The average Bonchev–Trinajstić information content (AvgIpc) is 2.72. The minimum Gasteiger partial charge on any atom is -0.478 e. The van der Waals surface area contributed by atoms with Crippen molar-refractivity contribution in [1.82, 2.24) is 9.88 Å². The van der Waals surface area contributed by atoms with Gasteiger partial charge >= 0.3 is 5.97 Å². The molecule has 28 heavy (non-hydrogen) atoms. The molecule has 3 rings (SSSR count). The van der Waals surface area contributed by atoms with Gasteiger partial charge in [0, 0.05) is 25.5 Å². The highest BCUT2D eigenvalue weighted by Gasteiger charge is 2.21. The Morgan fingerprint density at radius 3 is 2.71 bits per heavy atom. The highest BCUT2D eigenvalue weighted by molar-refractivity contribution is 8.03. The van der Waals surface area contributed by atoms with Gasteiger partial charge in [0.1, 0.15) is 5.82 Å². The van der Waals surface area contributed by atoms with E-state index >= 15 is 0 Å². The summed E-state index contributed by atoms with van der Waals surface area (Å²) in [5.74, 6) is -0.322. The monoisotopic (exact) mass is 398 g/mol. The molecule has 0 amide bonds. The minimum absolute atomic E-state index is 0.229. The molecule has 1 aromatic carbocycles. The minimum atomic E-state index is -0.900. The van der Waals surface area contributed by atoms with E-state index in [-0.39, 0.29) is 5.82 Å². The van der Waals surface area contributed by atoms with Gasteiger partial charge in [-0.05, 0) is 60.4 Å². The van der Waals surface area contributed by atoms with E-state index in [4.69, 9.17) is 0 Å². The van der Waals surface area contributed by atoms with Crippen LogP contribution in [0.2, 0.25) is 0 Å². The smallest absolute Gasteiger partial charge is 0.338 e. The van der Waals surface area contributed by atoms with Crippen molar-refractivity contribution in [3.8, 4) is 0 Å². The van der Waals surface area contributed by atoms with Crippen molar-refractivity contribution in [2.24, 2.45) is 0 Å².